The number of thiocarbonyl (C=S) groups is 1. The van der Waals surface area contributed by atoms with Gasteiger partial charge in [-0.15, -0.1) is 0 Å². The van der Waals surface area contributed by atoms with Crippen molar-refractivity contribution in [1.82, 2.24) is 14.9 Å². The van der Waals surface area contributed by atoms with Gasteiger partial charge in [-0.05, 0) is 105 Å². The average Bonchev–Trinajstić information content (AvgIpc) is 3.49. The zero-order valence-corrected chi connectivity index (χ0v) is 24.4. The maximum Gasteiger partial charge on any atom is 0.174 e. The number of pyridine rings is 1. The van der Waals surface area contributed by atoms with Gasteiger partial charge in [0.1, 0.15) is 17.2 Å². The molecule has 6 rings (SSSR count). The van der Waals surface area contributed by atoms with Crippen LogP contribution in [0.5, 0.6) is 17.2 Å². The number of aromatic nitrogens is 2. The Bertz CT molecular complexity index is 1700. The van der Waals surface area contributed by atoms with Gasteiger partial charge in [0.2, 0.25) is 0 Å². The topological polar surface area (TPSA) is 51.5 Å². The Balaban J connectivity index is 1.42. The van der Waals surface area contributed by atoms with Crippen LogP contribution in [0.15, 0.2) is 103 Å². The van der Waals surface area contributed by atoms with Crippen LogP contribution in [0.4, 0.5) is 5.69 Å². The molecule has 1 fully saturated rings. The first-order valence-corrected chi connectivity index (χ1v) is 14.0. The zero-order chi connectivity index (χ0) is 28.5. The monoisotopic (exact) mass is 560 g/mol. The van der Waals surface area contributed by atoms with Crippen LogP contribution in [-0.2, 0) is 0 Å². The lowest BCUT2D eigenvalue weighted by molar-refractivity contribution is 0.414. The predicted octanol–water partition coefficient (Wildman–Crippen LogP) is 7.78. The largest absolute Gasteiger partial charge is 0.497 e. The first kappa shape index (κ1) is 26.6. The van der Waals surface area contributed by atoms with Crippen molar-refractivity contribution in [3.63, 3.8) is 0 Å². The maximum atomic E-state index is 6.17. The summed E-state index contributed by atoms with van der Waals surface area (Å²) in [4.78, 5) is 6.91. The van der Waals surface area contributed by atoms with Crippen LogP contribution in [0.25, 0.3) is 5.69 Å². The fraction of sp³-hybridized carbons (Fsp3) is 0.176. The van der Waals surface area contributed by atoms with Crippen molar-refractivity contribution in [2.75, 3.05) is 12.0 Å². The van der Waals surface area contributed by atoms with Crippen molar-refractivity contribution < 1.29 is 9.47 Å². The molecule has 2 atom stereocenters. The molecule has 7 heteroatoms. The molecule has 1 aliphatic rings. The van der Waals surface area contributed by atoms with Crippen LogP contribution in [-0.4, -0.2) is 21.8 Å². The van der Waals surface area contributed by atoms with E-state index in [0.29, 0.717) is 5.11 Å². The Hall–Kier alpha value is -4.62. The molecule has 3 aromatic carbocycles. The minimum Gasteiger partial charge on any atom is -0.497 e. The Morgan fingerprint density at radius 3 is 2.32 bits per heavy atom. The second kappa shape index (κ2) is 11.1. The standard InChI is InChI=1S/C34H32N4O2S/c1-22-10-5-6-14-31(22)40-27-17-15-25(16-18-27)38-33(32(36-34(38)41)30-13-7-8-19-35-30)29-20-23(2)37(24(29)3)26-11-9-12-28(21-26)39-4/h5-21,32-33H,1-4H3,(H,36,41). The van der Waals surface area contributed by atoms with Crippen molar-refractivity contribution in [3.05, 3.63) is 131 Å². The predicted molar refractivity (Wildman–Crippen MR) is 167 cm³/mol. The summed E-state index contributed by atoms with van der Waals surface area (Å²) in [5.74, 6) is 2.44. The van der Waals surface area contributed by atoms with E-state index < -0.39 is 0 Å². The number of methoxy groups -OCH3 is 1. The smallest absolute Gasteiger partial charge is 0.174 e. The number of rotatable bonds is 7. The molecule has 0 aliphatic carbocycles. The average molecular weight is 561 g/mol. The molecular formula is C34H32N4O2S. The molecule has 41 heavy (non-hydrogen) atoms. The third-order valence-corrected chi connectivity index (χ3v) is 7.95. The molecule has 2 unspecified atom stereocenters. The summed E-state index contributed by atoms with van der Waals surface area (Å²) in [5, 5.41) is 4.23. The van der Waals surface area contributed by atoms with E-state index >= 15 is 0 Å². The Labute approximate surface area is 246 Å². The summed E-state index contributed by atoms with van der Waals surface area (Å²) in [7, 11) is 1.69. The van der Waals surface area contributed by atoms with Crippen molar-refractivity contribution in [2.24, 2.45) is 0 Å². The SMILES string of the molecule is COc1cccc(-n2c(C)cc(C3C(c4ccccn4)NC(=S)N3c3ccc(Oc4ccccc4C)cc3)c2C)c1. The number of nitrogens with one attached hydrogen (secondary N) is 1. The van der Waals surface area contributed by atoms with E-state index in [-0.39, 0.29) is 12.1 Å². The van der Waals surface area contributed by atoms with E-state index in [1.165, 1.54) is 5.56 Å². The summed E-state index contributed by atoms with van der Waals surface area (Å²) >= 11 is 5.97. The fourth-order valence-corrected chi connectivity index (χ4v) is 6.00. The van der Waals surface area contributed by atoms with Gasteiger partial charge in [-0.1, -0.05) is 30.3 Å². The van der Waals surface area contributed by atoms with Gasteiger partial charge in [0.15, 0.2) is 5.11 Å². The van der Waals surface area contributed by atoms with Gasteiger partial charge in [-0.25, -0.2) is 0 Å². The summed E-state index contributed by atoms with van der Waals surface area (Å²) in [6, 6.07) is 32.3. The minimum atomic E-state index is -0.133. The second-order valence-electron chi connectivity index (χ2n) is 10.2. The summed E-state index contributed by atoms with van der Waals surface area (Å²) < 4.78 is 14.0. The Morgan fingerprint density at radius 1 is 0.805 bits per heavy atom. The summed E-state index contributed by atoms with van der Waals surface area (Å²) in [6.07, 6.45) is 1.83. The molecule has 3 heterocycles. The molecule has 1 N–H and O–H groups in total. The number of benzene rings is 3. The van der Waals surface area contributed by atoms with Gasteiger partial charge >= 0.3 is 0 Å². The number of aryl methyl sites for hydroxylation is 2. The van der Waals surface area contributed by atoms with Crippen molar-refractivity contribution in [1.29, 1.82) is 0 Å². The van der Waals surface area contributed by atoms with Crippen molar-refractivity contribution in [2.45, 2.75) is 32.9 Å². The van der Waals surface area contributed by atoms with E-state index in [4.69, 9.17) is 26.7 Å². The maximum absolute atomic E-state index is 6.17. The summed E-state index contributed by atoms with van der Waals surface area (Å²) in [5.41, 5.74) is 7.50. The second-order valence-corrected chi connectivity index (χ2v) is 10.6. The lowest BCUT2D eigenvalue weighted by atomic mass is 9.96. The molecular weight excluding hydrogens is 528 g/mol. The zero-order valence-electron chi connectivity index (χ0n) is 23.5. The van der Waals surface area contributed by atoms with E-state index in [1.54, 1.807) is 7.11 Å². The molecule has 0 spiro atoms. The van der Waals surface area contributed by atoms with Crippen molar-refractivity contribution in [3.8, 4) is 22.9 Å². The van der Waals surface area contributed by atoms with E-state index in [1.807, 2.05) is 73.8 Å². The Morgan fingerprint density at radius 2 is 1.59 bits per heavy atom. The highest BCUT2D eigenvalue weighted by atomic mass is 32.1. The number of nitrogens with zero attached hydrogens (tertiary/aromatic N) is 3. The number of hydrogen-bond donors (Lipinski definition) is 1. The molecule has 0 amide bonds. The quantitative estimate of drug-likeness (QED) is 0.205. The van der Waals surface area contributed by atoms with Gasteiger partial charge in [-0.3, -0.25) is 4.98 Å². The third kappa shape index (κ3) is 5.05. The molecule has 1 aliphatic heterocycles. The normalized spacial score (nSPS) is 16.5. The van der Waals surface area contributed by atoms with Gasteiger partial charge in [0.25, 0.3) is 0 Å². The highest BCUT2D eigenvalue weighted by Crippen LogP contribution is 2.44. The van der Waals surface area contributed by atoms with Crippen LogP contribution >= 0.6 is 12.2 Å². The lowest BCUT2D eigenvalue weighted by Gasteiger charge is -2.28. The number of para-hydroxylation sites is 1. The van der Waals surface area contributed by atoms with E-state index in [9.17, 15) is 0 Å². The molecule has 0 radical (unpaired) electrons. The van der Waals surface area contributed by atoms with Crippen LogP contribution in [0.2, 0.25) is 0 Å². The Kier molecular flexibility index (Phi) is 7.20. The van der Waals surface area contributed by atoms with E-state index in [2.05, 4.69) is 65.0 Å². The van der Waals surface area contributed by atoms with Gasteiger partial charge in [-0.2, -0.15) is 0 Å². The van der Waals surface area contributed by atoms with Crippen LogP contribution in [0.1, 0.15) is 40.3 Å². The van der Waals surface area contributed by atoms with Gasteiger partial charge in [0.05, 0.1) is 24.9 Å². The molecule has 1 saturated heterocycles. The number of hydrogen-bond acceptors (Lipinski definition) is 4. The van der Waals surface area contributed by atoms with Crippen LogP contribution in [0, 0.1) is 20.8 Å². The van der Waals surface area contributed by atoms with Crippen LogP contribution in [0.3, 0.4) is 0 Å². The highest BCUT2D eigenvalue weighted by molar-refractivity contribution is 7.80. The molecule has 5 aromatic rings. The molecule has 0 saturated carbocycles. The first-order valence-electron chi connectivity index (χ1n) is 13.6. The van der Waals surface area contributed by atoms with E-state index in [0.717, 1.165) is 51.3 Å². The van der Waals surface area contributed by atoms with Crippen molar-refractivity contribution >= 4 is 23.0 Å². The van der Waals surface area contributed by atoms with Gasteiger partial charge in [0, 0.05) is 35.0 Å². The number of anilines is 1. The highest BCUT2D eigenvalue weighted by Gasteiger charge is 2.42. The molecule has 6 nitrogen and oxygen atoms in total. The van der Waals surface area contributed by atoms with Crippen LogP contribution < -0.4 is 19.7 Å². The van der Waals surface area contributed by atoms with Gasteiger partial charge < -0.3 is 24.3 Å². The lowest BCUT2D eigenvalue weighted by Crippen LogP contribution is -2.29. The molecule has 206 valence electrons. The third-order valence-electron chi connectivity index (χ3n) is 7.63. The molecule has 0 bridgehead atoms. The summed E-state index contributed by atoms with van der Waals surface area (Å²) in [6.45, 7) is 6.34. The fourth-order valence-electron chi connectivity index (χ4n) is 5.66. The number of ether oxygens (including phenoxy) is 2. The first-order chi connectivity index (χ1) is 19.9. The molecule has 2 aromatic heterocycles. The minimum absolute atomic E-state index is 0.119.